The van der Waals surface area contributed by atoms with Gasteiger partial charge in [0.15, 0.2) is 5.11 Å². The van der Waals surface area contributed by atoms with Crippen LogP contribution in [0.2, 0.25) is 0 Å². The average molecular weight is 440 g/mol. The van der Waals surface area contributed by atoms with Crippen molar-refractivity contribution in [3.05, 3.63) is 59.7 Å². The lowest BCUT2D eigenvalue weighted by Gasteiger charge is -2.35. The van der Waals surface area contributed by atoms with E-state index in [0.29, 0.717) is 19.8 Å². The number of anilines is 1. The van der Waals surface area contributed by atoms with Gasteiger partial charge in [-0.25, -0.2) is 0 Å². The number of methoxy groups -OCH3 is 1. The summed E-state index contributed by atoms with van der Waals surface area (Å²) in [5, 5.41) is 6.24. The largest absolute Gasteiger partial charge is 0.497 e. The molecule has 30 heavy (non-hydrogen) atoms. The maximum Gasteiger partial charge on any atom is 0.416 e. The predicted molar refractivity (Wildman–Crippen MR) is 114 cm³/mol. The highest BCUT2D eigenvalue weighted by Crippen LogP contribution is 2.30. The number of hydrogen-bond donors (Lipinski definition) is 2. The van der Waals surface area contributed by atoms with Gasteiger partial charge in [0.1, 0.15) is 5.75 Å². The Kier molecular flexibility index (Phi) is 7.52. The number of nitrogens with zero attached hydrogens (tertiary/aromatic N) is 1. The second kappa shape index (κ2) is 10.1. The molecule has 9 heteroatoms. The third-order valence-corrected chi connectivity index (χ3v) is 5.14. The molecule has 1 heterocycles. The normalized spacial score (nSPS) is 16.0. The quantitative estimate of drug-likeness (QED) is 0.662. The van der Waals surface area contributed by atoms with Crippen LogP contribution >= 0.6 is 12.2 Å². The lowest BCUT2D eigenvalue weighted by atomic mass is 10.0. The number of benzene rings is 2. The number of thiocarbonyl (C=S) groups is 1. The molecule has 0 spiro atoms. The minimum atomic E-state index is -4.40. The van der Waals surface area contributed by atoms with E-state index in [1.54, 1.807) is 13.2 Å². The third-order valence-electron chi connectivity index (χ3n) is 4.89. The van der Waals surface area contributed by atoms with Gasteiger partial charge in [0, 0.05) is 25.3 Å². The molecule has 2 aromatic carbocycles. The van der Waals surface area contributed by atoms with E-state index in [4.69, 9.17) is 21.7 Å². The van der Waals surface area contributed by atoms with Crippen molar-refractivity contribution >= 4 is 23.0 Å². The van der Waals surface area contributed by atoms with Gasteiger partial charge in [0.05, 0.1) is 31.9 Å². The Labute approximate surface area is 179 Å². The summed E-state index contributed by atoms with van der Waals surface area (Å²) in [5.74, 6) is 0.772. The summed E-state index contributed by atoms with van der Waals surface area (Å²) in [4.78, 5) is 2.30. The van der Waals surface area contributed by atoms with Crippen LogP contribution < -0.4 is 15.4 Å². The average Bonchev–Trinajstić information content (AvgIpc) is 2.75. The summed E-state index contributed by atoms with van der Waals surface area (Å²) < 4.78 is 49.4. The molecule has 0 aromatic heterocycles. The number of hydrogen-bond acceptors (Lipinski definition) is 4. The van der Waals surface area contributed by atoms with Crippen LogP contribution in [0.1, 0.15) is 17.2 Å². The van der Waals surface area contributed by atoms with Crippen molar-refractivity contribution in [2.24, 2.45) is 0 Å². The van der Waals surface area contributed by atoms with Crippen LogP contribution in [0.25, 0.3) is 0 Å². The number of morpholine rings is 1. The molecule has 3 rings (SSSR count). The van der Waals surface area contributed by atoms with Crippen molar-refractivity contribution in [2.75, 3.05) is 45.3 Å². The second-order valence-electron chi connectivity index (χ2n) is 6.85. The van der Waals surface area contributed by atoms with Crippen LogP contribution in [0.15, 0.2) is 48.5 Å². The molecule has 0 bridgehead atoms. The first-order valence-electron chi connectivity index (χ1n) is 9.54. The molecule has 1 atom stereocenters. The van der Waals surface area contributed by atoms with E-state index in [1.165, 1.54) is 6.07 Å². The van der Waals surface area contributed by atoms with Gasteiger partial charge in [-0.2, -0.15) is 13.2 Å². The zero-order chi connectivity index (χ0) is 21.6. The number of rotatable bonds is 6. The maximum absolute atomic E-state index is 12.9. The summed E-state index contributed by atoms with van der Waals surface area (Å²) in [6.07, 6.45) is -4.40. The van der Waals surface area contributed by atoms with Gasteiger partial charge in [0.25, 0.3) is 0 Å². The Morgan fingerprint density at radius 1 is 1.17 bits per heavy atom. The van der Waals surface area contributed by atoms with E-state index >= 15 is 0 Å². The van der Waals surface area contributed by atoms with E-state index in [1.807, 2.05) is 24.3 Å². The molecule has 1 aliphatic heterocycles. The van der Waals surface area contributed by atoms with Crippen LogP contribution in [0.5, 0.6) is 5.75 Å². The lowest BCUT2D eigenvalue weighted by molar-refractivity contribution is -0.137. The van der Waals surface area contributed by atoms with Gasteiger partial charge >= 0.3 is 6.18 Å². The topological polar surface area (TPSA) is 45.8 Å². The van der Waals surface area contributed by atoms with Gasteiger partial charge < -0.3 is 20.1 Å². The molecule has 1 aliphatic rings. The van der Waals surface area contributed by atoms with Crippen LogP contribution in [-0.2, 0) is 10.9 Å². The highest BCUT2D eigenvalue weighted by Gasteiger charge is 2.30. The van der Waals surface area contributed by atoms with Crippen molar-refractivity contribution in [2.45, 2.75) is 12.2 Å². The number of nitrogens with one attached hydrogen (secondary N) is 2. The molecule has 2 N–H and O–H groups in total. The summed E-state index contributed by atoms with van der Waals surface area (Å²) in [7, 11) is 1.62. The molecule has 0 saturated carbocycles. The molecular formula is C21H24F3N3O2S. The standard InChI is InChI=1S/C21H24F3N3O2S/c1-28-18-7-5-15(6-8-18)19(27-9-11-29-12-10-27)14-25-20(30)26-17-4-2-3-16(13-17)21(22,23)24/h2-8,13,19H,9-12,14H2,1H3,(H2,25,26,30). The molecule has 5 nitrogen and oxygen atoms in total. The Hall–Kier alpha value is -2.36. The molecule has 162 valence electrons. The van der Waals surface area contributed by atoms with Gasteiger partial charge in [-0.1, -0.05) is 18.2 Å². The van der Waals surface area contributed by atoms with E-state index < -0.39 is 11.7 Å². The van der Waals surface area contributed by atoms with Crippen LogP contribution in [0, 0.1) is 0 Å². The van der Waals surface area contributed by atoms with Gasteiger partial charge in [0.2, 0.25) is 0 Å². The minimum Gasteiger partial charge on any atom is -0.497 e. The van der Waals surface area contributed by atoms with Crippen molar-refractivity contribution in [1.82, 2.24) is 10.2 Å². The number of ether oxygens (including phenoxy) is 2. The summed E-state index contributed by atoms with van der Waals surface area (Å²) in [6.45, 7) is 3.37. The summed E-state index contributed by atoms with van der Waals surface area (Å²) in [6, 6.07) is 12.8. The molecule has 0 amide bonds. The molecule has 1 fully saturated rings. The van der Waals surface area contributed by atoms with Crippen LogP contribution in [0.4, 0.5) is 18.9 Å². The van der Waals surface area contributed by atoms with E-state index in [0.717, 1.165) is 36.5 Å². The van der Waals surface area contributed by atoms with Crippen molar-refractivity contribution in [3.8, 4) is 5.75 Å². The summed E-state index contributed by atoms with van der Waals surface area (Å²) in [5.41, 5.74) is 0.654. The number of alkyl halides is 3. The van der Waals surface area contributed by atoms with Crippen molar-refractivity contribution in [1.29, 1.82) is 0 Å². The Bertz CT molecular complexity index is 840. The molecule has 0 radical (unpaired) electrons. The Morgan fingerprint density at radius 2 is 1.87 bits per heavy atom. The zero-order valence-electron chi connectivity index (χ0n) is 16.5. The molecule has 1 saturated heterocycles. The predicted octanol–water partition coefficient (Wildman–Crippen LogP) is 4.07. The van der Waals surface area contributed by atoms with E-state index in [2.05, 4.69) is 15.5 Å². The van der Waals surface area contributed by atoms with Gasteiger partial charge in [-0.15, -0.1) is 0 Å². The molecule has 0 aliphatic carbocycles. The highest BCUT2D eigenvalue weighted by molar-refractivity contribution is 7.80. The van der Waals surface area contributed by atoms with Crippen LogP contribution in [-0.4, -0.2) is 50.0 Å². The maximum atomic E-state index is 12.9. The molecule has 2 aromatic rings. The van der Waals surface area contributed by atoms with Gasteiger partial charge in [-0.3, -0.25) is 4.90 Å². The fourth-order valence-electron chi connectivity index (χ4n) is 3.31. The minimum absolute atomic E-state index is 0.0288. The zero-order valence-corrected chi connectivity index (χ0v) is 17.4. The second-order valence-corrected chi connectivity index (χ2v) is 7.26. The van der Waals surface area contributed by atoms with Crippen molar-refractivity contribution < 1.29 is 22.6 Å². The summed E-state index contributed by atoms with van der Waals surface area (Å²) >= 11 is 5.32. The fourth-order valence-corrected chi connectivity index (χ4v) is 3.51. The van der Waals surface area contributed by atoms with Crippen molar-refractivity contribution in [3.63, 3.8) is 0 Å². The Balaban J connectivity index is 1.66. The van der Waals surface area contributed by atoms with Gasteiger partial charge in [-0.05, 0) is 48.1 Å². The van der Waals surface area contributed by atoms with E-state index in [-0.39, 0.29) is 16.8 Å². The highest BCUT2D eigenvalue weighted by atomic mass is 32.1. The smallest absolute Gasteiger partial charge is 0.416 e. The molecular weight excluding hydrogens is 415 g/mol. The Morgan fingerprint density at radius 3 is 2.50 bits per heavy atom. The third kappa shape index (κ3) is 6.07. The lowest BCUT2D eigenvalue weighted by Crippen LogP contribution is -2.44. The first-order valence-corrected chi connectivity index (χ1v) is 9.95. The van der Waals surface area contributed by atoms with E-state index in [9.17, 15) is 13.2 Å². The number of halogens is 3. The molecule has 1 unspecified atom stereocenters. The van der Waals surface area contributed by atoms with Crippen LogP contribution in [0.3, 0.4) is 0 Å². The monoisotopic (exact) mass is 439 g/mol. The SMILES string of the molecule is COc1ccc(C(CNC(=S)Nc2cccc(C(F)(F)F)c2)N2CCOCC2)cc1. The first kappa shape index (κ1) is 22.3. The fraction of sp³-hybridized carbons (Fsp3) is 0.381. The first-order chi connectivity index (χ1) is 14.4.